The van der Waals surface area contributed by atoms with Crippen LogP contribution in [0.5, 0.6) is 69.0 Å². The molecule has 0 aromatic heterocycles. The maximum Gasteiger partial charge on any atom is 0.203 e. The van der Waals surface area contributed by atoms with E-state index >= 15 is 0 Å². The first-order valence-corrected chi connectivity index (χ1v) is 21.8. The molecule has 0 heterocycles. The van der Waals surface area contributed by atoms with Crippen LogP contribution in [0.1, 0.15) is 44.5 Å². The number of benzene rings is 6. The third kappa shape index (κ3) is 11.9. The van der Waals surface area contributed by atoms with Crippen LogP contribution in [-0.4, -0.2) is 85.3 Å². The first-order valence-electron chi connectivity index (χ1n) is 21.8. The molecule has 0 spiro atoms. The standard InChI is InChI=1S/C58H56O12/c1-59-47-29-41(30-48(60-2)55(47)67-9)23-17-37-13-19-39(20-14-37)27-44(26-25-43-33-51(63-5)57(69-11)52(34-43)64-6)46(45-35-53(65-7)58(70-12)54(36-45)66-8)28-40-21-15-38(16-22-40)18-24-42-31-49(61-3)56(68-10)50(32-42)62-4/h13-16,19-22,29-36H,27-28H2,1-12H3/b46-44-. The maximum atomic E-state index is 5.87. The number of ether oxygens (including phenoxy) is 12. The van der Waals surface area contributed by atoms with E-state index in [1.807, 2.05) is 72.8 Å². The van der Waals surface area contributed by atoms with E-state index < -0.39 is 0 Å². The zero-order chi connectivity index (χ0) is 50.2. The smallest absolute Gasteiger partial charge is 0.203 e. The van der Waals surface area contributed by atoms with Gasteiger partial charge in [-0.25, -0.2) is 0 Å². The number of allylic oxidation sites excluding steroid dienone is 2. The number of rotatable bonds is 17. The maximum absolute atomic E-state index is 5.87. The quantitative estimate of drug-likeness (QED) is 0.0812. The minimum atomic E-state index is 0.447. The Morgan fingerprint density at radius 2 is 0.571 bits per heavy atom. The lowest BCUT2D eigenvalue weighted by atomic mass is 9.89. The molecular weight excluding hydrogens is 889 g/mol. The third-order valence-corrected chi connectivity index (χ3v) is 11.1. The molecule has 0 unspecified atom stereocenters. The molecule has 6 rings (SSSR count). The zero-order valence-electron chi connectivity index (χ0n) is 41.6. The van der Waals surface area contributed by atoms with E-state index in [9.17, 15) is 0 Å². The Hall–Kier alpha value is -8.66. The molecule has 0 atom stereocenters. The van der Waals surface area contributed by atoms with Gasteiger partial charge in [0.25, 0.3) is 0 Å². The molecule has 0 aliphatic rings. The van der Waals surface area contributed by atoms with Gasteiger partial charge >= 0.3 is 0 Å². The molecule has 6 aromatic carbocycles. The average molecular weight is 945 g/mol. The topological polar surface area (TPSA) is 111 Å². The summed E-state index contributed by atoms with van der Waals surface area (Å²) in [5.41, 5.74) is 8.26. The second-order valence-electron chi connectivity index (χ2n) is 15.1. The van der Waals surface area contributed by atoms with Crippen molar-refractivity contribution in [2.75, 3.05) is 85.3 Å². The van der Waals surface area contributed by atoms with Crippen LogP contribution in [0.4, 0.5) is 0 Å². The summed E-state index contributed by atoms with van der Waals surface area (Å²) in [7, 11) is 18.9. The van der Waals surface area contributed by atoms with Crippen molar-refractivity contribution in [2.24, 2.45) is 0 Å². The van der Waals surface area contributed by atoms with Crippen molar-refractivity contribution in [3.8, 4) is 105 Å². The summed E-state index contributed by atoms with van der Waals surface area (Å²) in [5, 5.41) is 0. The molecule has 70 heavy (non-hydrogen) atoms. The molecule has 0 bridgehead atoms. The van der Waals surface area contributed by atoms with Crippen LogP contribution in [0.25, 0.3) is 5.57 Å². The molecule has 12 heteroatoms. The molecule has 6 aromatic rings. The highest BCUT2D eigenvalue weighted by atomic mass is 16.5. The lowest BCUT2D eigenvalue weighted by Crippen LogP contribution is -2.02. The SMILES string of the molecule is COc1cc(C#C/C(Cc2ccc(C#Cc3cc(OC)c(OC)c(OC)c3)cc2)=C(\Cc2ccc(C#Cc3cc(OC)c(OC)c(OC)c3)cc2)c2cc(OC)c(OC)c(OC)c2)cc(OC)c1OC. The molecule has 0 aliphatic heterocycles. The van der Waals surface area contributed by atoms with Crippen molar-refractivity contribution in [3.05, 3.63) is 147 Å². The molecule has 0 saturated heterocycles. The van der Waals surface area contributed by atoms with E-state index in [4.69, 9.17) is 56.8 Å². The molecule has 360 valence electrons. The van der Waals surface area contributed by atoms with E-state index in [2.05, 4.69) is 59.8 Å². The highest BCUT2D eigenvalue weighted by Crippen LogP contribution is 2.43. The fourth-order valence-electron chi connectivity index (χ4n) is 7.58. The van der Waals surface area contributed by atoms with Gasteiger partial charge in [-0.15, -0.1) is 0 Å². The van der Waals surface area contributed by atoms with Gasteiger partial charge in [0.1, 0.15) is 0 Å². The highest BCUT2D eigenvalue weighted by Gasteiger charge is 2.20. The van der Waals surface area contributed by atoms with Gasteiger partial charge < -0.3 is 56.8 Å². The van der Waals surface area contributed by atoms with Crippen molar-refractivity contribution in [1.29, 1.82) is 0 Å². The van der Waals surface area contributed by atoms with Crippen LogP contribution in [0.15, 0.2) is 103 Å². The van der Waals surface area contributed by atoms with Crippen LogP contribution in [0, 0.1) is 35.5 Å². The predicted octanol–water partition coefficient (Wildman–Crippen LogP) is 9.88. The van der Waals surface area contributed by atoms with Crippen LogP contribution in [-0.2, 0) is 12.8 Å². The van der Waals surface area contributed by atoms with Gasteiger partial charge in [0, 0.05) is 39.8 Å². The normalized spacial score (nSPS) is 10.6. The summed E-state index contributed by atoms with van der Waals surface area (Å²) in [6.07, 6.45) is 0.916. The average Bonchev–Trinajstić information content (AvgIpc) is 3.41. The largest absolute Gasteiger partial charge is 0.493 e. The summed E-state index contributed by atoms with van der Waals surface area (Å²) in [5.74, 6) is 26.0. The Kier molecular flexibility index (Phi) is 17.7. The first kappa shape index (κ1) is 50.7. The summed E-state index contributed by atoms with van der Waals surface area (Å²) in [6, 6.07) is 31.0. The van der Waals surface area contributed by atoms with E-state index in [0.717, 1.165) is 39.0 Å². The molecule has 0 N–H and O–H groups in total. The zero-order valence-corrected chi connectivity index (χ0v) is 41.6. The molecule has 0 amide bonds. The van der Waals surface area contributed by atoms with Crippen LogP contribution >= 0.6 is 0 Å². The van der Waals surface area contributed by atoms with Crippen LogP contribution < -0.4 is 56.8 Å². The molecule has 0 radical (unpaired) electrons. The number of hydrogen-bond donors (Lipinski definition) is 0. The predicted molar refractivity (Wildman–Crippen MR) is 270 cm³/mol. The Labute approximate surface area is 410 Å². The molecule has 12 nitrogen and oxygen atoms in total. The van der Waals surface area contributed by atoms with Gasteiger partial charge in [-0.1, -0.05) is 59.8 Å². The van der Waals surface area contributed by atoms with E-state index in [-0.39, 0.29) is 0 Å². The lowest BCUT2D eigenvalue weighted by molar-refractivity contribution is 0.324. The number of hydrogen-bond acceptors (Lipinski definition) is 12. The second kappa shape index (κ2) is 24.4. The summed E-state index contributed by atoms with van der Waals surface area (Å²) >= 11 is 0. The molecule has 0 aliphatic carbocycles. The second-order valence-corrected chi connectivity index (χ2v) is 15.1. The Morgan fingerprint density at radius 1 is 0.300 bits per heavy atom. The van der Waals surface area contributed by atoms with Crippen molar-refractivity contribution in [1.82, 2.24) is 0 Å². The Morgan fingerprint density at radius 3 is 0.871 bits per heavy atom. The van der Waals surface area contributed by atoms with Crippen molar-refractivity contribution >= 4 is 5.57 Å². The van der Waals surface area contributed by atoms with E-state index in [1.54, 1.807) is 85.3 Å². The monoisotopic (exact) mass is 944 g/mol. The molecule has 0 saturated carbocycles. The molecular formula is C58H56O12. The highest BCUT2D eigenvalue weighted by molar-refractivity contribution is 5.78. The Bertz CT molecular complexity index is 2930. The minimum Gasteiger partial charge on any atom is -0.493 e. The third-order valence-electron chi connectivity index (χ3n) is 11.1. The van der Waals surface area contributed by atoms with E-state index in [1.165, 1.54) is 0 Å². The number of methoxy groups -OCH3 is 12. The van der Waals surface area contributed by atoms with Gasteiger partial charge in [0.05, 0.1) is 85.3 Å². The fourth-order valence-corrected chi connectivity index (χ4v) is 7.58. The van der Waals surface area contributed by atoms with Crippen molar-refractivity contribution < 1.29 is 56.8 Å². The van der Waals surface area contributed by atoms with Crippen LogP contribution in [0.2, 0.25) is 0 Å². The summed E-state index contributed by atoms with van der Waals surface area (Å²) in [6.45, 7) is 0. The fraction of sp³-hybridized carbons (Fsp3) is 0.241. The van der Waals surface area contributed by atoms with Crippen LogP contribution in [0.3, 0.4) is 0 Å². The van der Waals surface area contributed by atoms with Gasteiger partial charge in [-0.3, -0.25) is 0 Å². The summed E-state index contributed by atoms with van der Waals surface area (Å²) < 4.78 is 67.6. The van der Waals surface area contributed by atoms with Gasteiger partial charge in [0.15, 0.2) is 46.0 Å². The van der Waals surface area contributed by atoms with Gasteiger partial charge in [-0.2, -0.15) is 0 Å². The van der Waals surface area contributed by atoms with Crippen molar-refractivity contribution in [2.45, 2.75) is 12.8 Å². The van der Waals surface area contributed by atoms with Gasteiger partial charge in [-0.05, 0) is 101 Å². The Balaban J connectivity index is 1.49. The summed E-state index contributed by atoms with van der Waals surface area (Å²) in [4.78, 5) is 0. The molecule has 0 fully saturated rings. The van der Waals surface area contributed by atoms with E-state index in [0.29, 0.717) is 98.5 Å². The van der Waals surface area contributed by atoms with Gasteiger partial charge in [0.2, 0.25) is 23.0 Å². The van der Waals surface area contributed by atoms with Crippen molar-refractivity contribution in [3.63, 3.8) is 0 Å². The minimum absolute atomic E-state index is 0.447. The lowest BCUT2D eigenvalue weighted by Gasteiger charge is -2.18. The first-order chi connectivity index (χ1) is 34.1.